The molecule has 0 amide bonds. The van der Waals surface area contributed by atoms with Crippen molar-refractivity contribution in [2.24, 2.45) is 0 Å². The number of benzene rings is 10. The molecule has 12 aromatic rings. The Morgan fingerprint density at radius 2 is 0.984 bits per heavy atom. The Labute approximate surface area is 370 Å². The number of fused-ring (bicyclic) bond motifs is 11. The third-order valence-electron chi connectivity index (χ3n) is 14.3. The molecule has 2 aliphatic carbocycles. The average molecular weight is 817 g/mol. The van der Waals surface area contributed by atoms with Gasteiger partial charge in [0.2, 0.25) is 0 Å². The molecule has 0 saturated heterocycles. The minimum atomic E-state index is -0.0855. The van der Waals surface area contributed by atoms with E-state index >= 15 is 0 Å². The van der Waals surface area contributed by atoms with E-state index in [9.17, 15) is 0 Å². The molecule has 2 aliphatic rings. The molecule has 0 unspecified atom stereocenters. The Kier molecular flexibility index (Phi) is 7.17. The van der Waals surface area contributed by atoms with Crippen molar-refractivity contribution in [2.45, 2.75) is 19.3 Å². The number of aromatic nitrogens is 1. The van der Waals surface area contributed by atoms with E-state index in [4.69, 9.17) is 4.42 Å². The van der Waals surface area contributed by atoms with Crippen LogP contribution in [0.15, 0.2) is 211 Å². The molecule has 0 aliphatic heterocycles. The first-order valence-electron chi connectivity index (χ1n) is 22.3. The SMILES string of the molecule is CC1(C)c2ccccc2-c2ccc(N(c3ccccc3)c3ccc(-c4ccc(-n5c6cccc7c6c6c8c(cccc8c8oc9ccccc9c8c65)-c5ccccc5-7)cc4)cc3)cc21. The van der Waals surface area contributed by atoms with Crippen molar-refractivity contribution in [1.29, 1.82) is 0 Å². The molecule has 0 fully saturated rings. The fourth-order valence-electron chi connectivity index (χ4n) is 11.4. The standard InChI is InChI=1S/C61H40N2O/c1-61(2)51-23-10-8-18-45(51)46-35-34-42(36-52(46)61)62(39-14-4-3-5-15-39)40-30-26-37(27-31-40)38-28-32-41(33-29-38)63-53-24-13-21-48-44-17-7-6-16-43(44)47-20-12-22-50-55(47)58(56(48)53)59(63)57-49-19-9-11-25-54(49)64-60(50)57/h3-36H,1-2H3. The third kappa shape index (κ3) is 4.76. The zero-order valence-corrected chi connectivity index (χ0v) is 35.4. The molecule has 0 N–H and O–H groups in total. The van der Waals surface area contributed by atoms with Crippen LogP contribution in [0.2, 0.25) is 0 Å². The molecular weight excluding hydrogens is 777 g/mol. The Hall–Kier alpha value is -8.14. The highest BCUT2D eigenvalue weighted by Gasteiger charge is 2.36. The van der Waals surface area contributed by atoms with Crippen LogP contribution in [0.3, 0.4) is 0 Å². The van der Waals surface area contributed by atoms with Gasteiger partial charge in [-0.25, -0.2) is 0 Å². The van der Waals surface area contributed by atoms with Crippen LogP contribution in [-0.2, 0) is 5.41 Å². The maximum Gasteiger partial charge on any atom is 0.145 e. The van der Waals surface area contributed by atoms with Crippen LogP contribution in [-0.4, -0.2) is 4.57 Å². The van der Waals surface area contributed by atoms with Gasteiger partial charge in [-0.1, -0.05) is 159 Å². The van der Waals surface area contributed by atoms with E-state index in [1.54, 1.807) is 0 Å². The first kappa shape index (κ1) is 35.5. The fraction of sp³-hybridized carbons (Fsp3) is 0.0492. The summed E-state index contributed by atoms with van der Waals surface area (Å²) in [5.41, 5.74) is 21.4. The number of anilines is 3. The highest BCUT2D eigenvalue weighted by molar-refractivity contribution is 6.40. The largest absolute Gasteiger partial charge is 0.455 e. The number of para-hydroxylation sites is 2. The number of nitrogens with zero attached hydrogens (tertiary/aromatic N) is 2. The van der Waals surface area contributed by atoms with Crippen molar-refractivity contribution in [3.8, 4) is 50.2 Å². The van der Waals surface area contributed by atoms with Crippen molar-refractivity contribution in [1.82, 2.24) is 4.57 Å². The second-order valence-corrected chi connectivity index (χ2v) is 18.0. The highest BCUT2D eigenvalue weighted by Crippen LogP contribution is 2.54. The van der Waals surface area contributed by atoms with Crippen LogP contribution in [0.4, 0.5) is 17.1 Å². The van der Waals surface area contributed by atoms with Gasteiger partial charge in [0.1, 0.15) is 11.2 Å². The topological polar surface area (TPSA) is 21.3 Å². The van der Waals surface area contributed by atoms with E-state index in [0.29, 0.717) is 0 Å². The second kappa shape index (κ2) is 12.9. The Morgan fingerprint density at radius 1 is 0.406 bits per heavy atom. The molecule has 0 spiro atoms. The summed E-state index contributed by atoms with van der Waals surface area (Å²) < 4.78 is 9.34. The second-order valence-electron chi connectivity index (χ2n) is 18.0. The van der Waals surface area contributed by atoms with Gasteiger partial charge in [-0.05, 0) is 116 Å². The van der Waals surface area contributed by atoms with E-state index in [-0.39, 0.29) is 5.41 Å². The normalized spacial score (nSPS) is 13.3. The van der Waals surface area contributed by atoms with Crippen molar-refractivity contribution in [2.75, 3.05) is 4.90 Å². The summed E-state index contributed by atoms with van der Waals surface area (Å²) in [6.45, 7) is 4.70. The highest BCUT2D eigenvalue weighted by atomic mass is 16.3. The fourth-order valence-corrected chi connectivity index (χ4v) is 11.4. The molecule has 0 radical (unpaired) electrons. The zero-order chi connectivity index (χ0) is 42.3. The lowest BCUT2D eigenvalue weighted by atomic mass is 9.82. The Morgan fingerprint density at radius 3 is 1.77 bits per heavy atom. The first-order chi connectivity index (χ1) is 31.5. The van der Waals surface area contributed by atoms with Gasteiger partial charge in [0, 0.05) is 55.1 Å². The first-order valence-corrected chi connectivity index (χ1v) is 22.3. The lowest BCUT2D eigenvalue weighted by Crippen LogP contribution is -2.16. The quantitative estimate of drug-likeness (QED) is 0.173. The third-order valence-corrected chi connectivity index (χ3v) is 14.3. The summed E-state index contributed by atoms with van der Waals surface area (Å²) in [6, 6.07) is 75.7. The lowest BCUT2D eigenvalue weighted by molar-refractivity contribution is 0.660. The van der Waals surface area contributed by atoms with Gasteiger partial charge in [-0.15, -0.1) is 0 Å². The Balaban J connectivity index is 0.916. The molecule has 3 heteroatoms. The number of hydrogen-bond acceptors (Lipinski definition) is 2. The predicted octanol–water partition coefficient (Wildman–Crippen LogP) is 16.9. The predicted molar refractivity (Wildman–Crippen MR) is 268 cm³/mol. The Bertz CT molecular complexity index is 3910. The van der Waals surface area contributed by atoms with Crippen LogP contribution < -0.4 is 4.90 Å². The summed E-state index contributed by atoms with van der Waals surface area (Å²) in [4.78, 5) is 2.38. The van der Waals surface area contributed by atoms with Crippen LogP contribution in [0.5, 0.6) is 0 Å². The van der Waals surface area contributed by atoms with Gasteiger partial charge in [0.25, 0.3) is 0 Å². The summed E-state index contributed by atoms with van der Waals surface area (Å²) in [6.07, 6.45) is 0. The lowest BCUT2D eigenvalue weighted by Gasteiger charge is -2.28. The molecule has 2 heterocycles. The molecule has 0 saturated carbocycles. The molecule has 0 bridgehead atoms. The van der Waals surface area contributed by atoms with Crippen molar-refractivity contribution in [3.05, 3.63) is 217 Å². The molecule has 2 aromatic heterocycles. The molecular formula is C61H40N2O. The van der Waals surface area contributed by atoms with Gasteiger partial charge in [-0.2, -0.15) is 0 Å². The maximum absolute atomic E-state index is 6.85. The van der Waals surface area contributed by atoms with E-state index < -0.39 is 0 Å². The zero-order valence-electron chi connectivity index (χ0n) is 35.4. The molecule has 10 aromatic carbocycles. The summed E-state index contributed by atoms with van der Waals surface area (Å²) in [5.74, 6) is 0. The van der Waals surface area contributed by atoms with Gasteiger partial charge in [-0.3, -0.25) is 0 Å². The van der Waals surface area contributed by atoms with Crippen molar-refractivity contribution >= 4 is 71.6 Å². The summed E-state index contributed by atoms with van der Waals surface area (Å²) in [7, 11) is 0. The molecule has 3 nitrogen and oxygen atoms in total. The van der Waals surface area contributed by atoms with Gasteiger partial charge < -0.3 is 13.9 Å². The molecule has 64 heavy (non-hydrogen) atoms. The van der Waals surface area contributed by atoms with Gasteiger partial charge >= 0.3 is 0 Å². The summed E-state index contributed by atoms with van der Waals surface area (Å²) in [5, 5.41) is 7.25. The van der Waals surface area contributed by atoms with Crippen molar-refractivity contribution < 1.29 is 4.42 Å². The molecule has 14 rings (SSSR count). The minimum absolute atomic E-state index is 0.0855. The van der Waals surface area contributed by atoms with Gasteiger partial charge in [0.15, 0.2) is 0 Å². The molecule has 0 atom stereocenters. The maximum atomic E-state index is 6.85. The van der Waals surface area contributed by atoms with Crippen LogP contribution in [0, 0.1) is 0 Å². The smallest absolute Gasteiger partial charge is 0.145 e. The molecule has 300 valence electrons. The van der Waals surface area contributed by atoms with Crippen LogP contribution in [0.25, 0.3) is 105 Å². The van der Waals surface area contributed by atoms with E-state index in [1.807, 2.05) is 0 Å². The van der Waals surface area contributed by atoms with E-state index in [0.717, 1.165) is 50.1 Å². The van der Waals surface area contributed by atoms with Crippen molar-refractivity contribution in [3.63, 3.8) is 0 Å². The van der Waals surface area contributed by atoms with Crippen LogP contribution >= 0.6 is 0 Å². The van der Waals surface area contributed by atoms with E-state index in [2.05, 4.69) is 230 Å². The average Bonchev–Trinajstić information content (AvgIpc) is 3.95. The number of rotatable bonds is 5. The van der Waals surface area contributed by atoms with E-state index in [1.165, 1.54) is 82.8 Å². The monoisotopic (exact) mass is 816 g/mol. The number of furan rings is 1. The summed E-state index contributed by atoms with van der Waals surface area (Å²) >= 11 is 0. The van der Waals surface area contributed by atoms with Gasteiger partial charge in [0.05, 0.1) is 16.4 Å². The minimum Gasteiger partial charge on any atom is -0.455 e. The van der Waals surface area contributed by atoms with Crippen LogP contribution in [0.1, 0.15) is 25.0 Å². The number of hydrogen-bond donors (Lipinski definition) is 0.